The number of carbonyl (C=O) groups excluding carboxylic acids is 1. The molecule has 2 aliphatic rings. The lowest BCUT2D eigenvalue weighted by Crippen LogP contribution is -2.47. The van der Waals surface area contributed by atoms with Crippen LogP contribution in [0.5, 0.6) is 0 Å². The first-order valence-electron chi connectivity index (χ1n) is 8.11. The average Bonchev–Trinajstić information content (AvgIpc) is 3.06. The van der Waals surface area contributed by atoms with Crippen LogP contribution in [-0.4, -0.2) is 35.7 Å². The molecule has 1 fully saturated rings. The smallest absolute Gasteiger partial charge is 0.248 e. The van der Waals surface area contributed by atoms with Crippen LogP contribution in [0.1, 0.15) is 18.4 Å². The Bertz CT molecular complexity index is 748. The van der Waals surface area contributed by atoms with Gasteiger partial charge in [-0.2, -0.15) is 0 Å². The van der Waals surface area contributed by atoms with Crippen LogP contribution in [0.25, 0.3) is 0 Å². The highest BCUT2D eigenvalue weighted by Gasteiger charge is 2.35. The number of para-hydroxylation sites is 2. The average molecular weight is 305 g/mol. The van der Waals surface area contributed by atoms with E-state index < -0.39 is 0 Å². The van der Waals surface area contributed by atoms with Crippen LogP contribution in [0.15, 0.2) is 59.6 Å². The summed E-state index contributed by atoms with van der Waals surface area (Å²) in [6.45, 7) is 1.89. The zero-order valence-corrected chi connectivity index (χ0v) is 12.9. The Morgan fingerprint density at radius 2 is 1.65 bits per heavy atom. The first-order chi connectivity index (χ1) is 11.3. The van der Waals surface area contributed by atoms with Gasteiger partial charge in [-0.3, -0.25) is 9.69 Å². The van der Waals surface area contributed by atoms with E-state index in [-0.39, 0.29) is 11.9 Å². The van der Waals surface area contributed by atoms with Crippen molar-refractivity contribution in [3.8, 4) is 0 Å². The van der Waals surface area contributed by atoms with Crippen molar-refractivity contribution in [2.75, 3.05) is 18.4 Å². The number of carbonyl (C=O) groups is 1. The number of benzene rings is 2. The molecule has 4 rings (SSSR count). The number of hydrogen-bond acceptors (Lipinski definition) is 3. The molecule has 0 aromatic heterocycles. The number of fused-ring (bicyclic) bond motifs is 1. The highest BCUT2D eigenvalue weighted by molar-refractivity contribution is 6.22. The molecule has 116 valence electrons. The van der Waals surface area contributed by atoms with Crippen LogP contribution in [0, 0.1) is 0 Å². The molecule has 4 heteroatoms. The molecule has 0 radical (unpaired) electrons. The minimum atomic E-state index is -0.327. The van der Waals surface area contributed by atoms with Crippen molar-refractivity contribution in [1.82, 2.24) is 4.90 Å². The number of likely N-dealkylation sites (tertiary alicyclic amines) is 1. The Kier molecular flexibility index (Phi) is 3.67. The number of rotatable bonds is 2. The number of nitrogens with one attached hydrogen (secondary N) is 1. The Balaban J connectivity index is 1.86. The zero-order valence-electron chi connectivity index (χ0n) is 12.9. The van der Waals surface area contributed by atoms with Gasteiger partial charge in [-0.05, 0) is 43.6 Å². The van der Waals surface area contributed by atoms with Gasteiger partial charge in [0.2, 0.25) is 5.91 Å². The van der Waals surface area contributed by atoms with Crippen molar-refractivity contribution in [3.05, 3.63) is 60.2 Å². The van der Waals surface area contributed by atoms with Crippen LogP contribution in [-0.2, 0) is 4.79 Å². The quantitative estimate of drug-likeness (QED) is 0.926. The number of aliphatic imine (C=N–C) groups is 1. The zero-order chi connectivity index (χ0) is 15.6. The molecule has 2 heterocycles. The van der Waals surface area contributed by atoms with E-state index in [4.69, 9.17) is 4.99 Å². The van der Waals surface area contributed by atoms with Crippen LogP contribution in [0.3, 0.4) is 0 Å². The van der Waals surface area contributed by atoms with Gasteiger partial charge in [-0.25, -0.2) is 4.99 Å². The summed E-state index contributed by atoms with van der Waals surface area (Å²) < 4.78 is 0. The number of hydrogen-bond donors (Lipinski definition) is 1. The summed E-state index contributed by atoms with van der Waals surface area (Å²) in [5.74, 6) is 0.0134. The van der Waals surface area contributed by atoms with E-state index in [1.165, 1.54) is 0 Å². The summed E-state index contributed by atoms with van der Waals surface area (Å²) in [6.07, 6.45) is 2.28. The van der Waals surface area contributed by atoms with Crippen molar-refractivity contribution in [1.29, 1.82) is 0 Å². The van der Waals surface area contributed by atoms with Crippen LogP contribution < -0.4 is 5.32 Å². The molecule has 4 nitrogen and oxygen atoms in total. The van der Waals surface area contributed by atoms with E-state index in [9.17, 15) is 4.79 Å². The lowest BCUT2D eigenvalue weighted by Gasteiger charge is -2.26. The molecule has 0 unspecified atom stereocenters. The number of nitrogens with zero attached hydrogens (tertiary/aromatic N) is 2. The maximum Gasteiger partial charge on any atom is 0.248 e. The highest BCUT2D eigenvalue weighted by Crippen LogP contribution is 2.30. The third-order valence-corrected chi connectivity index (χ3v) is 4.49. The SMILES string of the molecule is O=C1Nc2ccccc2N=C(c2ccccc2)[C@@H]1N1CCCC1. The van der Waals surface area contributed by atoms with Gasteiger partial charge in [0.05, 0.1) is 17.1 Å². The van der Waals surface area contributed by atoms with Crippen molar-refractivity contribution in [2.24, 2.45) is 4.99 Å². The summed E-state index contributed by atoms with van der Waals surface area (Å²) in [4.78, 5) is 20.0. The Labute approximate surface area is 135 Å². The van der Waals surface area contributed by atoms with Gasteiger partial charge < -0.3 is 5.32 Å². The molecule has 2 aliphatic heterocycles. The molecule has 1 N–H and O–H groups in total. The second-order valence-corrected chi connectivity index (χ2v) is 6.02. The van der Waals surface area contributed by atoms with E-state index in [0.29, 0.717) is 0 Å². The molecule has 0 bridgehead atoms. The summed E-state index contributed by atoms with van der Waals surface area (Å²) in [6, 6.07) is 17.4. The molecule has 2 aromatic carbocycles. The van der Waals surface area contributed by atoms with Gasteiger partial charge in [-0.15, -0.1) is 0 Å². The van der Waals surface area contributed by atoms with Crippen molar-refractivity contribution < 1.29 is 4.79 Å². The largest absolute Gasteiger partial charge is 0.322 e. The number of anilines is 1. The van der Waals surface area contributed by atoms with Crippen LogP contribution >= 0.6 is 0 Å². The topological polar surface area (TPSA) is 44.7 Å². The Morgan fingerprint density at radius 1 is 0.957 bits per heavy atom. The molecule has 23 heavy (non-hydrogen) atoms. The maximum atomic E-state index is 12.9. The summed E-state index contributed by atoms with van der Waals surface area (Å²) >= 11 is 0. The lowest BCUT2D eigenvalue weighted by atomic mass is 10.0. The van der Waals surface area contributed by atoms with Gasteiger partial charge in [-0.1, -0.05) is 42.5 Å². The fourth-order valence-corrected chi connectivity index (χ4v) is 3.36. The second-order valence-electron chi connectivity index (χ2n) is 6.02. The Morgan fingerprint density at radius 3 is 2.43 bits per heavy atom. The van der Waals surface area contributed by atoms with E-state index in [0.717, 1.165) is 48.6 Å². The minimum Gasteiger partial charge on any atom is -0.322 e. The van der Waals surface area contributed by atoms with E-state index in [1.807, 2.05) is 54.6 Å². The molecule has 0 spiro atoms. The standard InChI is InChI=1S/C19H19N3O/c23-19-18(22-12-6-7-13-22)17(14-8-2-1-3-9-14)20-15-10-4-5-11-16(15)21-19/h1-5,8-11,18H,6-7,12-13H2,(H,21,23)/t18-/m0/s1. The molecule has 0 aliphatic carbocycles. The van der Waals surface area contributed by atoms with E-state index in [1.54, 1.807) is 0 Å². The summed E-state index contributed by atoms with van der Waals surface area (Å²) in [5.41, 5.74) is 3.46. The first kappa shape index (κ1) is 14.2. The fourth-order valence-electron chi connectivity index (χ4n) is 3.36. The molecule has 0 saturated carbocycles. The molecular weight excluding hydrogens is 286 g/mol. The monoisotopic (exact) mass is 305 g/mol. The first-order valence-corrected chi connectivity index (χ1v) is 8.11. The van der Waals surface area contributed by atoms with Gasteiger partial charge in [0, 0.05) is 0 Å². The summed E-state index contributed by atoms with van der Waals surface area (Å²) in [7, 11) is 0. The normalized spacial score (nSPS) is 21.3. The van der Waals surface area contributed by atoms with Gasteiger partial charge in [0.25, 0.3) is 0 Å². The predicted octanol–water partition coefficient (Wildman–Crippen LogP) is 3.22. The summed E-state index contributed by atoms with van der Waals surface area (Å²) in [5, 5.41) is 3.05. The van der Waals surface area contributed by atoms with E-state index in [2.05, 4.69) is 10.2 Å². The lowest BCUT2D eigenvalue weighted by molar-refractivity contribution is -0.118. The number of amides is 1. The molecular formula is C19H19N3O. The third kappa shape index (κ3) is 2.66. The van der Waals surface area contributed by atoms with Crippen molar-refractivity contribution in [2.45, 2.75) is 18.9 Å². The van der Waals surface area contributed by atoms with Crippen molar-refractivity contribution in [3.63, 3.8) is 0 Å². The minimum absolute atomic E-state index is 0.0134. The van der Waals surface area contributed by atoms with E-state index >= 15 is 0 Å². The second kappa shape index (κ2) is 5.97. The third-order valence-electron chi connectivity index (χ3n) is 4.49. The fraction of sp³-hybridized carbons (Fsp3) is 0.263. The highest BCUT2D eigenvalue weighted by atomic mass is 16.2. The Hall–Kier alpha value is -2.46. The molecule has 2 aromatic rings. The van der Waals surface area contributed by atoms with Gasteiger partial charge in [0.15, 0.2) is 0 Å². The molecule has 1 saturated heterocycles. The van der Waals surface area contributed by atoms with Gasteiger partial charge in [0.1, 0.15) is 6.04 Å². The van der Waals surface area contributed by atoms with Crippen LogP contribution in [0.4, 0.5) is 11.4 Å². The maximum absolute atomic E-state index is 12.9. The molecule has 1 amide bonds. The molecule has 1 atom stereocenters. The van der Waals surface area contributed by atoms with Crippen LogP contribution in [0.2, 0.25) is 0 Å². The van der Waals surface area contributed by atoms with Crippen molar-refractivity contribution >= 4 is 23.0 Å². The van der Waals surface area contributed by atoms with Gasteiger partial charge >= 0.3 is 0 Å². The predicted molar refractivity (Wildman–Crippen MR) is 92.3 cm³/mol.